The summed E-state index contributed by atoms with van der Waals surface area (Å²) in [5, 5.41) is 89.5. The number of aliphatic hydroxyl groups excluding tert-OH is 4. The molecular formula is C22H22O12. The van der Waals surface area contributed by atoms with E-state index in [1.54, 1.807) is 0 Å². The van der Waals surface area contributed by atoms with Crippen molar-refractivity contribution in [2.24, 2.45) is 0 Å². The van der Waals surface area contributed by atoms with Crippen LogP contribution in [0.25, 0.3) is 5.57 Å². The number of ether oxygens (including phenoxy) is 2. The number of Topliss-reactive ketones (excluding diaryl/α,β-unsaturated/α-hetero) is 1. The number of hydrogen-bond donors (Lipinski definition) is 9. The predicted molar refractivity (Wildman–Crippen MR) is 111 cm³/mol. The van der Waals surface area contributed by atoms with Crippen molar-refractivity contribution in [1.29, 1.82) is 0 Å². The van der Waals surface area contributed by atoms with Crippen LogP contribution in [0, 0.1) is 0 Å². The van der Waals surface area contributed by atoms with Crippen molar-refractivity contribution in [2.75, 3.05) is 6.61 Å². The standard InChI is InChI=1S/C22H22O12/c23-6-15-18(30)19(31)20(32)22(33-15)34-21-9(7-1-13(26)17(29)14(27)2-7)5-10-11(16(21)28)3-8(24)4-12(10)25/h1-4,15,18-20,22-27,29-32H,5-6H2/t15-,18-,19+,20-,22+/m1/s1. The molecule has 2 aromatic carbocycles. The Morgan fingerprint density at radius 2 is 1.53 bits per heavy atom. The van der Waals surface area contributed by atoms with Crippen LogP contribution in [0.3, 0.4) is 0 Å². The Morgan fingerprint density at radius 1 is 0.882 bits per heavy atom. The number of allylic oxidation sites excluding steroid dienone is 2. The number of aliphatic hydroxyl groups is 4. The van der Waals surface area contributed by atoms with Gasteiger partial charge in [0.1, 0.15) is 35.9 Å². The van der Waals surface area contributed by atoms with Crippen molar-refractivity contribution in [3.8, 4) is 28.7 Å². The van der Waals surface area contributed by atoms with Crippen LogP contribution in [0.15, 0.2) is 30.0 Å². The molecule has 0 bridgehead atoms. The molecule has 2 aromatic rings. The predicted octanol–water partition coefficient (Wildman–Crippen LogP) is -0.819. The maximum Gasteiger partial charge on any atom is 0.229 e. The number of benzene rings is 2. The Morgan fingerprint density at radius 3 is 2.15 bits per heavy atom. The van der Waals surface area contributed by atoms with Crippen LogP contribution >= 0.6 is 0 Å². The summed E-state index contributed by atoms with van der Waals surface area (Å²) in [5.41, 5.74) is -0.0704. The minimum atomic E-state index is -1.85. The van der Waals surface area contributed by atoms with Crippen LogP contribution in [0.2, 0.25) is 0 Å². The van der Waals surface area contributed by atoms with E-state index in [1.807, 2.05) is 0 Å². The zero-order valence-corrected chi connectivity index (χ0v) is 17.4. The molecule has 1 heterocycles. The molecule has 182 valence electrons. The lowest BCUT2D eigenvalue weighted by Crippen LogP contribution is -2.59. The number of carbonyl (C=O) groups excluding carboxylic acids is 1. The van der Waals surface area contributed by atoms with Gasteiger partial charge >= 0.3 is 0 Å². The van der Waals surface area contributed by atoms with E-state index in [0.717, 1.165) is 24.3 Å². The number of hydrogen-bond acceptors (Lipinski definition) is 12. The molecule has 12 nitrogen and oxygen atoms in total. The van der Waals surface area contributed by atoms with Crippen LogP contribution < -0.4 is 0 Å². The van der Waals surface area contributed by atoms with Gasteiger partial charge in [-0.2, -0.15) is 0 Å². The van der Waals surface area contributed by atoms with Crippen molar-refractivity contribution in [3.63, 3.8) is 0 Å². The molecule has 0 saturated carbocycles. The molecule has 0 radical (unpaired) electrons. The van der Waals surface area contributed by atoms with Gasteiger partial charge < -0.3 is 55.4 Å². The highest BCUT2D eigenvalue weighted by molar-refractivity contribution is 6.15. The van der Waals surface area contributed by atoms with Crippen molar-refractivity contribution in [1.82, 2.24) is 0 Å². The lowest BCUT2D eigenvalue weighted by atomic mass is 9.85. The summed E-state index contributed by atoms with van der Waals surface area (Å²) in [5.74, 6) is -4.46. The molecule has 9 N–H and O–H groups in total. The minimum Gasteiger partial charge on any atom is -0.508 e. The summed E-state index contributed by atoms with van der Waals surface area (Å²) in [4.78, 5) is 13.3. The van der Waals surface area contributed by atoms with E-state index in [9.17, 15) is 50.8 Å². The normalized spacial score (nSPS) is 26.9. The maximum atomic E-state index is 13.3. The number of phenolic OH excluding ortho intramolecular Hbond substituents is 5. The third kappa shape index (κ3) is 3.87. The van der Waals surface area contributed by atoms with Gasteiger partial charge in [0, 0.05) is 29.2 Å². The lowest BCUT2D eigenvalue weighted by molar-refractivity contribution is -0.290. The summed E-state index contributed by atoms with van der Waals surface area (Å²) < 4.78 is 10.9. The van der Waals surface area contributed by atoms with Gasteiger partial charge in [0.25, 0.3) is 0 Å². The summed E-state index contributed by atoms with van der Waals surface area (Å²) in [6.07, 6.45) is -8.59. The third-order valence-corrected chi connectivity index (χ3v) is 5.79. The Bertz CT molecular complexity index is 1150. The van der Waals surface area contributed by atoms with Crippen LogP contribution in [-0.2, 0) is 15.9 Å². The first-order valence-electron chi connectivity index (χ1n) is 10.1. The second-order valence-electron chi connectivity index (χ2n) is 7.98. The Hall–Kier alpha value is -3.55. The molecular weight excluding hydrogens is 456 g/mol. The van der Waals surface area contributed by atoms with Crippen LogP contribution in [0.4, 0.5) is 0 Å². The molecule has 1 aliphatic carbocycles. The molecule has 2 aliphatic rings. The van der Waals surface area contributed by atoms with Crippen LogP contribution in [-0.4, -0.2) is 89.1 Å². The quantitative estimate of drug-likeness (QED) is 0.246. The zero-order valence-electron chi connectivity index (χ0n) is 17.4. The number of aromatic hydroxyl groups is 5. The zero-order chi connectivity index (χ0) is 24.9. The molecule has 4 rings (SSSR count). The smallest absolute Gasteiger partial charge is 0.229 e. The summed E-state index contributed by atoms with van der Waals surface area (Å²) in [6.45, 7) is -0.741. The first kappa shape index (κ1) is 23.6. The SMILES string of the molecule is O=C1C(O[C@@H]2O[C@H](CO)[C@@H](O)[C@H](O)[C@H]2O)=C(c2cc(O)c(O)c(O)c2)Cc2c(O)cc(O)cc21. The number of carbonyl (C=O) groups is 1. The molecule has 0 aromatic heterocycles. The fourth-order valence-corrected chi connectivity index (χ4v) is 3.96. The number of ketones is 1. The largest absolute Gasteiger partial charge is 0.508 e. The van der Waals surface area contributed by atoms with E-state index >= 15 is 0 Å². The van der Waals surface area contributed by atoms with E-state index in [2.05, 4.69) is 0 Å². The first-order valence-corrected chi connectivity index (χ1v) is 10.1. The number of rotatable bonds is 4. The highest BCUT2D eigenvalue weighted by Gasteiger charge is 2.46. The van der Waals surface area contributed by atoms with Crippen molar-refractivity contribution in [3.05, 3.63) is 46.7 Å². The Labute approximate surface area is 191 Å². The average Bonchev–Trinajstić information content (AvgIpc) is 2.79. The van der Waals surface area contributed by atoms with E-state index < -0.39 is 77.6 Å². The maximum absolute atomic E-state index is 13.3. The molecule has 1 fully saturated rings. The van der Waals surface area contributed by atoms with Crippen molar-refractivity contribution in [2.45, 2.75) is 37.1 Å². The van der Waals surface area contributed by atoms with Gasteiger partial charge in [-0.1, -0.05) is 0 Å². The minimum absolute atomic E-state index is 0.00105. The molecule has 1 saturated heterocycles. The van der Waals surface area contributed by atoms with Gasteiger partial charge in [-0.25, -0.2) is 0 Å². The topological polar surface area (TPSA) is 218 Å². The third-order valence-electron chi connectivity index (χ3n) is 5.79. The first-order chi connectivity index (χ1) is 16.0. The molecule has 0 spiro atoms. The fraction of sp³-hybridized carbons (Fsp3) is 0.318. The summed E-state index contributed by atoms with van der Waals surface area (Å²) in [6, 6.07) is 4.14. The molecule has 0 unspecified atom stereocenters. The monoisotopic (exact) mass is 478 g/mol. The van der Waals surface area contributed by atoms with Crippen LogP contribution in [0.1, 0.15) is 21.5 Å². The van der Waals surface area contributed by atoms with Gasteiger partial charge in [0.05, 0.1) is 6.61 Å². The molecule has 0 amide bonds. The molecule has 1 aliphatic heterocycles. The highest BCUT2D eigenvalue weighted by atomic mass is 16.7. The molecule has 5 atom stereocenters. The van der Waals surface area contributed by atoms with E-state index in [0.29, 0.717) is 0 Å². The van der Waals surface area contributed by atoms with Crippen LogP contribution in [0.5, 0.6) is 28.7 Å². The fourth-order valence-electron chi connectivity index (χ4n) is 3.96. The average molecular weight is 478 g/mol. The lowest BCUT2D eigenvalue weighted by Gasteiger charge is -2.40. The van der Waals surface area contributed by atoms with E-state index in [4.69, 9.17) is 9.47 Å². The van der Waals surface area contributed by atoms with E-state index in [-0.39, 0.29) is 28.7 Å². The highest BCUT2D eigenvalue weighted by Crippen LogP contribution is 2.44. The number of fused-ring (bicyclic) bond motifs is 1. The van der Waals surface area contributed by atoms with E-state index in [1.165, 1.54) is 0 Å². The van der Waals surface area contributed by atoms with Gasteiger partial charge in [0.15, 0.2) is 23.0 Å². The summed E-state index contributed by atoms with van der Waals surface area (Å²) >= 11 is 0. The summed E-state index contributed by atoms with van der Waals surface area (Å²) in [7, 11) is 0. The Balaban J connectivity index is 1.85. The second-order valence-corrected chi connectivity index (χ2v) is 7.98. The van der Waals surface area contributed by atoms with Crippen molar-refractivity contribution >= 4 is 11.4 Å². The van der Waals surface area contributed by atoms with Crippen molar-refractivity contribution < 1.29 is 60.2 Å². The molecule has 34 heavy (non-hydrogen) atoms. The molecule has 12 heteroatoms. The number of phenols is 5. The van der Waals surface area contributed by atoms with Gasteiger partial charge in [0.2, 0.25) is 12.1 Å². The van der Waals surface area contributed by atoms with Gasteiger partial charge in [-0.05, 0) is 23.8 Å². The Kier molecular flexibility index (Phi) is 6.02. The van der Waals surface area contributed by atoms with Gasteiger partial charge in [-0.15, -0.1) is 0 Å². The second kappa shape index (κ2) is 8.66. The van der Waals surface area contributed by atoms with Gasteiger partial charge in [-0.3, -0.25) is 4.79 Å².